The first-order valence-electron chi connectivity index (χ1n) is 10.5. The highest BCUT2D eigenvalue weighted by Crippen LogP contribution is 2.37. The van der Waals surface area contributed by atoms with Crippen molar-refractivity contribution in [2.24, 2.45) is 0 Å². The molecule has 1 spiro atoms. The molecule has 0 aromatic heterocycles. The summed E-state index contributed by atoms with van der Waals surface area (Å²) < 4.78 is 0. The molecule has 0 bridgehead atoms. The zero-order chi connectivity index (χ0) is 19.4. The van der Waals surface area contributed by atoms with E-state index in [9.17, 15) is 4.79 Å². The maximum atomic E-state index is 11.1. The summed E-state index contributed by atoms with van der Waals surface area (Å²) in [4.78, 5) is 16.4. The van der Waals surface area contributed by atoms with Gasteiger partial charge in [0.2, 0.25) is 0 Å². The summed E-state index contributed by atoms with van der Waals surface area (Å²) in [5.74, 6) is -0.859. The average molecular weight is 379 g/mol. The Bertz CT molecular complexity index is 782. The molecule has 0 amide bonds. The Morgan fingerprint density at radius 2 is 1.54 bits per heavy atom. The van der Waals surface area contributed by atoms with Gasteiger partial charge in [0, 0.05) is 38.3 Å². The van der Waals surface area contributed by atoms with Gasteiger partial charge in [0.05, 0.1) is 5.56 Å². The smallest absolute Gasteiger partial charge is 0.335 e. The van der Waals surface area contributed by atoms with Gasteiger partial charge >= 0.3 is 5.97 Å². The number of benzene rings is 2. The van der Waals surface area contributed by atoms with E-state index in [1.54, 1.807) is 12.1 Å². The Morgan fingerprint density at radius 3 is 2.21 bits per heavy atom. The molecule has 1 aliphatic heterocycles. The molecule has 28 heavy (non-hydrogen) atoms. The number of carboxylic acid groups (broad SMARTS) is 1. The van der Waals surface area contributed by atoms with Crippen LogP contribution < -0.4 is 0 Å². The van der Waals surface area contributed by atoms with Crippen LogP contribution in [0.2, 0.25) is 0 Å². The van der Waals surface area contributed by atoms with Crippen LogP contribution in [-0.2, 0) is 13.1 Å². The van der Waals surface area contributed by atoms with Crippen molar-refractivity contribution in [2.75, 3.05) is 19.6 Å². The normalized spacial score (nSPS) is 20.3. The Morgan fingerprint density at radius 1 is 0.857 bits per heavy atom. The molecule has 1 heterocycles. The Labute approximate surface area is 167 Å². The number of aromatic carboxylic acids is 1. The van der Waals surface area contributed by atoms with Crippen molar-refractivity contribution >= 4 is 5.97 Å². The highest BCUT2D eigenvalue weighted by molar-refractivity contribution is 5.87. The summed E-state index contributed by atoms with van der Waals surface area (Å²) in [6.07, 6.45) is 6.58. The first kappa shape index (κ1) is 19.2. The van der Waals surface area contributed by atoms with Crippen molar-refractivity contribution in [3.8, 4) is 0 Å². The third-order valence-corrected chi connectivity index (χ3v) is 6.48. The number of nitrogens with zero attached hydrogens (tertiary/aromatic N) is 2. The van der Waals surface area contributed by atoms with Crippen LogP contribution in [0.1, 0.15) is 53.6 Å². The molecule has 1 aliphatic carbocycles. The van der Waals surface area contributed by atoms with E-state index in [1.807, 2.05) is 12.1 Å². The summed E-state index contributed by atoms with van der Waals surface area (Å²) in [5.41, 5.74) is 3.26. The van der Waals surface area contributed by atoms with Gasteiger partial charge in [-0.1, -0.05) is 61.7 Å². The standard InChI is InChI=1S/C24H30N2O2/c27-23(28)22-11-9-21(10-12-22)17-25-15-16-26(18-20-7-3-1-4-8-20)24(19-25)13-5-2-6-14-24/h1,3-4,7-12H,2,5-6,13-19H2,(H,27,28). The van der Waals surface area contributed by atoms with Crippen LogP contribution in [-0.4, -0.2) is 46.0 Å². The van der Waals surface area contributed by atoms with Crippen LogP contribution >= 0.6 is 0 Å². The van der Waals surface area contributed by atoms with Crippen molar-refractivity contribution in [3.05, 3.63) is 71.3 Å². The molecule has 2 aromatic carbocycles. The minimum atomic E-state index is -0.859. The van der Waals surface area contributed by atoms with Crippen LogP contribution in [0.3, 0.4) is 0 Å². The Hall–Kier alpha value is -2.17. The molecule has 4 nitrogen and oxygen atoms in total. The van der Waals surface area contributed by atoms with E-state index in [4.69, 9.17) is 5.11 Å². The molecule has 0 radical (unpaired) electrons. The predicted molar refractivity (Wildman–Crippen MR) is 111 cm³/mol. The number of carbonyl (C=O) groups is 1. The molecule has 4 heteroatoms. The van der Waals surface area contributed by atoms with Crippen LogP contribution in [0.15, 0.2) is 54.6 Å². The van der Waals surface area contributed by atoms with Crippen LogP contribution in [0.5, 0.6) is 0 Å². The van der Waals surface area contributed by atoms with Gasteiger partial charge in [0.1, 0.15) is 0 Å². The fourth-order valence-corrected chi connectivity index (χ4v) is 4.98. The van der Waals surface area contributed by atoms with Gasteiger partial charge in [-0.3, -0.25) is 9.80 Å². The minimum absolute atomic E-state index is 0.285. The molecule has 0 unspecified atom stereocenters. The summed E-state index contributed by atoms with van der Waals surface area (Å²) in [6, 6.07) is 18.2. The lowest BCUT2D eigenvalue weighted by Gasteiger charge is -2.53. The minimum Gasteiger partial charge on any atom is -0.478 e. The third-order valence-electron chi connectivity index (χ3n) is 6.48. The average Bonchev–Trinajstić information content (AvgIpc) is 2.72. The van der Waals surface area contributed by atoms with Gasteiger partial charge < -0.3 is 5.11 Å². The predicted octanol–water partition coefficient (Wildman–Crippen LogP) is 4.41. The zero-order valence-electron chi connectivity index (χ0n) is 16.5. The number of carboxylic acids is 1. The number of rotatable bonds is 5. The molecule has 148 valence electrons. The highest BCUT2D eigenvalue weighted by Gasteiger charge is 2.42. The molecular weight excluding hydrogens is 348 g/mol. The second-order valence-electron chi connectivity index (χ2n) is 8.40. The van der Waals surface area contributed by atoms with Gasteiger partial charge in [0.25, 0.3) is 0 Å². The fourth-order valence-electron chi connectivity index (χ4n) is 4.98. The maximum Gasteiger partial charge on any atom is 0.335 e. The Kier molecular flexibility index (Phi) is 5.79. The second kappa shape index (κ2) is 8.46. The SMILES string of the molecule is O=C(O)c1ccc(CN2CCN(Cc3ccccc3)C3(CCCCC3)C2)cc1. The van der Waals surface area contributed by atoms with Gasteiger partial charge in [0.15, 0.2) is 0 Å². The van der Waals surface area contributed by atoms with Gasteiger partial charge in [-0.2, -0.15) is 0 Å². The van der Waals surface area contributed by atoms with Crippen LogP contribution in [0, 0.1) is 0 Å². The number of piperazine rings is 1. The third kappa shape index (κ3) is 4.29. The van der Waals surface area contributed by atoms with E-state index < -0.39 is 5.97 Å². The van der Waals surface area contributed by atoms with Gasteiger partial charge in [-0.15, -0.1) is 0 Å². The van der Waals surface area contributed by atoms with E-state index in [-0.39, 0.29) is 5.54 Å². The number of hydrogen-bond acceptors (Lipinski definition) is 3. The topological polar surface area (TPSA) is 43.8 Å². The van der Waals surface area contributed by atoms with Crippen LogP contribution in [0.4, 0.5) is 0 Å². The second-order valence-corrected chi connectivity index (χ2v) is 8.40. The van der Waals surface area contributed by atoms with E-state index in [2.05, 4.69) is 40.1 Å². The molecule has 4 rings (SSSR count). The lowest BCUT2D eigenvalue weighted by atomic mass is 9.78. The Balaban J connectivity index is 1.46. The molecule has 2 aromatic rings. The van der Waals surface area contributed by atoms with Crippen molar-refractivity contribution < 1.29 is 9.90 Å². The summed E-state index contributed by atoms with van der Waals surface area (Å²) in [6.45, 7) is 5.22. The monoisotopic (exact) mass is 378 g/mol. The summed E-state index contributed by atoms with van der Waals surface area (Å²) in [5, 5.41) is 9.10. The summed E-state index contributed by atoms with van der Waals surface area (Å²) in [7, 11) is 0. The molecule has 1 saturated carbocycles. The van der Waals surface area contributed by atoms with E-state index >= 15 is 0 Å². The lowest BCUT2D eigenvalue weighted by molar-refractivity contribution is -0.0351. The van der Waals surface area contributed by atoms with Crippen molar-refractivity contribution in [1.82, 2.24) is 9.80 Å². The first-order valence-corrected chi connectivity index (χ1v) is 10.5. The fraction of sp³-hybridized carbons (Fsp3) is 0.458. The quantitative estimate of drug-likeness (QED) is 0.837. The van der Waals surface area contributed by atoms with Gasteiger partial charge in [-0.05, 0) is 36.1 Å². The van der Waals surface area contributed by atoms with E-state index in [0.717, 1.165) is 32.7 Å². The molecular formula is C24H30N2O2. The maximum absolute atomic E-state index is 11.1. The van der Waals surface area contributed by atoms with Gasteiger partial charge in [-0.25, -0.2) is 4.79 Å². The zero-order valence-corrected chi connectivity index (χ0v) is 16.5. The molecule has 2 aliphatic rings. The summed E-state index contributed by atoms with van der Waals surface area (Å²) >= 11 is 0. The molecule has 1 saturated heterocycles. The van der Waals surface area contributed by atoms with Crippen molar-refractivity contribution in [2.45, 2.75) is 50.7 Å². The first-order chi connectivity index (χ1) is 13.6. The van der Waals surface area contributed by atoms with E-state index in [0.29, 0.717) is 5.56 Å². The lowest BCUT2D eigenvalue weighted by Crippen LogP contribution is -2.62. The molecule has 2 fully saturated rings. The van der Waals surface area contributed by atoms with E-state index in [1.165, 1.54) is 43.2 Å². The largest absolute Gasteiger partial charge is 0.478 e. The number of hydrogen-bond donors (Lipinski definition) is 1. The molecule has 1 N–H and O–H groups in total. The highest BCUT2D eigenvalue weighted by atomic mass is 16.4. The van der Waals surface area contributed by atoms with Crippen molar-refractivity contribution in [3.63, 3.8) is 0 Å². The molecule has 0 atom stereocenters. The van der Waals surface area contributed by atoms with Crippen LogP contribution in [0.25, 0.3) is 0 Å². The van der Waals surface area contributed by atoms with Crippen molar-refractivity contribution in [1.29, 1.82) is 0 Å².